The second kappa shape index (κ2) is 2.70. The molecule has 0 saturated heterocycles. The summed E-state index contributed by atoms with van der Waals surface area (Å²) in [5, 5.41) is 2.81. The normalized spacial score (nSPS) is 13.0. The molecule has 0 aliphatic carbocycles. The Morgan fingerprint density at radius 1 is 1.55 bits per heavy atom. The minimum Gasteiger partial charge on any atom is -0.476 e. The van der Waals surface area contributed by atoms with Gasteiger partial charge in [-0.25, -0.2) is 4.79 Å². The van der Waals surface area contributed by atoms with E-state index < -0.39 is 21.3 Å². The van der Waals surface area contributed by atoms with Gasteiger partial charge in [0.1, 0.15) is 0 Å². The molecule has 0 radical (unpaired) electrons. The zero-order valence-electron chi connectivity index (χ0n) is 5.24. The summed E-state index contributed by atoms with van der Waals surface area (Å²) in [4.78, 5) is 9.62. The number of hydrogen-bond acceptors (Lipinski definition) is 4. The SMILES string of the molecule is COS(=O)(=O)C(F)(F)C(=O)O. The average Bonchev–Trinajstić information content (AvgIpc) is 1.87. The Hall–Kier alpha value is -0.760. The van der Waals surface area contributed by atoms with Crippen LogP contribution in [0, 0.1) is 0 Å². The van der Waals surface area contributed by atoms with E-state index in [1.165, 1.54) is 0 Å². The Bertz CT molecular complexity index is 255. The van der Waals surface area contributed by atoms with E-state index in [1.54, 1.807) is 0 Å². The maximum absolute atomic E-state index is 12.0. The molecule has 0 aromatic heterocycles. The van der Waals surface area contributed by atoms with Crippen molar-refractivity contribution in [2.24, 2.45) is 0 Å². The minimum absolute atomic E-state index is 0.451. The highest BCUT2D eigenvalue weighted by Crippen LogP contribution is 2.22. The van der Waals surface area contributed by atoms with Crippen molar-refractivity contribution >= 4 is 16.1 Å². The maximum Gasteiger partial charge on any atom is 0.465 e. The standard InChI is InChI=1S/C3H4F2O5S/c1-10-11(8,9)3(4,5)2(6)7/h1H3,(H,6,7). The molecule has 5 nitrogen and oxygen atoms in total. The predicted molar refractivity (Wildman–Crippen MR) is 28.5 cm³/mol. The number of carboxylic acids is 1. The molecule has 8 heteroatoms. The molecule has 0 bridgehead atoms. The average molecular weight is 190 g/mol. The Morgan fingerprint density at radius 2 is 1.91 bits per heavy atom. The molecule has 0 saturated carbocycles. The van der Waals surface area contributed by atoms with E-state index in [-0.39, 0.29) is 0 Å². The van der Waals surface area contributed by atoms with Crippen LogP contribution in [-0.4, -0.2) is 31.9 Å². The lowest BCUT2D eigenvalue weighted by molar-refractivity contribution is -0.154. The first-order valence-corrected chi connectivity index (χ1v) is 3.58. The highest BCUT2D eigenvalue weighted by atomic mass is 32.2. The lowest BCUT2D eigenvalue weighted by atomic mass is 10.7. The van der Waals surface area contributed by atoms with Gasteiger partial charge in [-0.15, -0.1) is 0 Å². The van der Waals surface area contributed by atoms with Crippen LogP contribution in [0.4, 0.5) is 8.78 Å². The van der Waals surface area contributed by atoms with Crippen LogP contribution in [0.15, 0.2) is 0 Å². The lowest BCUT2D eigenvalue weighted by Gasteiger charge is -2.08. The summed E-state index contributed by atoms with van der Waals surface area (Å²) in [6, 6.07) is 0. The molecular weight excluding hydrogens is 186 g/mol. The third-order valence-corrected chi connectivity index (χ3v) is 2.02. The zero-order chi connectivity index (χ0) is 9.28. The van der Waals surface area contributed by atoms with Crippen molar-refractivity contribution in [2.75, 3.05) is 7.11 Å². The number of rotatable bonds is 3. The van der Waals surface area contributed by atoms with Crippen molar-refractivity contribution in [3.63, 3.8) is 0 Å². The number of hydrogen-bond donors (Lipinski definition) is 1. The summed E-state index contributed by atoms with van der Waals surface area (Å²) < 4.78 is 47.5. The molecule has 0 fully saturated rings. The van der Waals surface area contributed by atoms with Gasteiger partial charge in [-0.1, -0.05) is 0 Å². The summed E-state index contributed by atoms with van der Waals surface area (Å²) >= 11 is 0. The van der Waals surface area contributed by atoms with Gasteiger partial charge in [0.2, 0.25) is 0 Å². The van der Waals surface area contributed by atoms with Crippen LogP contribution in [0.3, 0.4) is 0 Å². The molecule has 11 heavy (non-hydrogen) atoms. The fourth-order valence-corrected chi connectivity index (χ4v) is 0.635. The predicted octanol–water partition coefficient (Wildman–Crippen LogP) is -0.360. The van der Waals surface area contributed by atoms with Gasteiger partial charge < -0.3 is 5.11 Å². The molecule has 0 heterocycles. The van der Waals surface area contributed by atoms with Crippen molar-refractivity contribution in [1.82, 2.24) is 0 Å². The fraction of sp³-hybridized carbons (Fsp3) is 0.667. The van der Waals surface area contributed by atoms with Gasteiger partial charge in [0.25, 0.3) is 0 Å². The third kappa shape index (κ3) is 1.63. The summed E-state index contributed by atoms with van der Waals surface area (Å²) in [6.45, 7) is 0. The van der Waals surface area contributed by atoms with E-state index in [9.17, 15) is 22.0 Å². The topological polar surface area (TPSA) is 80.7 Å². The molecule has 0 aromatic carbocycles. The molecule has 0 aliphatic rings. The Labute approximate surface area is 60.7 Å². The van der Waals surface area contributed by atoms with E-state index >= 15 is 0 Å². The fourth-order valence-electron chi connectivity index (χ4n) is 0.212. The summed E-state index contributed by atoms with van der Waals surface area (Å²) in [7, 11) is -4.88. The third-order valence-electron chi connectivity index (χ3n) is 0.782. The smallest absolute Gasteiger partial charge is 0.465 e. The van der Waals surface area contributed by atoms with Gasteiger partial charge in [0.15, 0.2) is 0 Å². The van der Waals surface area contributed by atoms with E-state index in [0.29, 0.717) is 7.11 Å². The molecule has 0 atom stereocenters. The van der Waals surface area contributed by atoms with Crippen LogP contribution in [0.5, 0.6) is 0 Å². The second-order valence-corrected chi connectivity index (χ2v) is 3.20. The van der Waals surface area contributed by atoms with Gasteiger partial charge in [-0.2, -0.15) is 17.2 Å². The molecule has 1 N–H and O–H groups in total. The number of aliphatic carboxylic acids is 1. The van der Waals surface area contributed by atoms with Crippen LogP contribution < -0.4 is 0 Å². The first-order chi connectivity index (χ1) is 4.75. The molecule has 0 aromatic rings. The Kier molecular flexibility index (Phi) is 2.51. The van der Waals surface area contributed by atoms with Crippen LogP contribution in [0.25, 0.3) is 0 Å². The second-order valence-electron chi connectivity index (χ2n) is 1.44. The lowest BCUT2D eigenvalue weighted by Crippen LogP contribution is -2.38. The highest BCUT2D eigenvalue weighted by Gasteiger charge is 2.54. The highest BCUT2D eigenvalue weighted by molar-refractivity contribution is 7.88. The first kappa shape index (κ1) is 10.2. The first-order valence-electron chi connectivity index (χ1n) is 2.17. The molecular formula is C3H4F2O5S. The largest absolute Gasteiger partial charge is 0.476 e. The van der Waals surface area contributed by atoms with Crippen LogP contribution in [-0.2, 0) is 19.1 Å². The van der Waals surface area contributed by atoms with E-state index in [2.05, 4.69) is 4.18 Å². The molecule has 0 spiro atoms. The van der Waals surface area contributed by atoms with Crippen molar-refractivity contribution in [3.8, 4) is 0 Å². The maximum atomic E-state index is 12.0. The van der Waals surface area contributed by atoms with Crippen LogP contribution in [0.1, 0.15) is 0 Å². The van der Waals surface area contributed by atoms with E-state index in [4.69, 9.17) is 5.11 Å². The summed E-state index contributed by atoms with van der Waals surface area (Å²) in [6.07, 6.45) is 0. The molecule has 0 rings (SSSR count). The monoisotopic (exact) mass is 190 g/mol. The number of carbonyl (C=O) groups is 1. The molecule has 66 valence electrons. The molecule has 0 aliphatic heterocycles. The number of carboxylic acid groups (broad SMARTS) is 1. The van der Waals surface area contributed by atoms with E-state index in [0.717, 1.165) is 0 Å². The van der Waals surface area contributed by atoms with Crippen LogP contribution in [0.2, 0.25) is 0 Å². The van der Waals surface area contributed by atoms with Gasteiger partial charge in [-0.3, -0.25) is 4.18 Å². The molecule has 0 unspecified atom stereocenters. The van der Waals surface area contributed by atoms with Crippen molar-refractivity contribution in [1.29, 1.82) is 0 Å². The molecule has 0 amide bonds. The van der Waals surface area contributed by atoms with E-state index in [1.807, 2.05) is 0 Å². The Balaban J connectivity index is 5.01. The number of halogens is 2. The van der Waals surface area contributed by atoms with Gasteiger partial charge >= 0.3 is 21.3 Å². The van der Waals surface area contributed by atoms with Crippen LogP contribution >= 0.6 is 0 Å². The quantitative estimate of drug-likeness (QED) is 0.614. The van der Waals surface area contributed by atoms with Gasteiger partial charge in [0.05, 0.1) is 7.11 Å². The summed E-state index contributed by atoms with van der Waals surface area (Å²) in [5.41, 5.74) is 0. The summed E-state index contributed by atoms with van der Waals surface area (Å²) in [5.74, 6) is -2.76. The van der Waals surface area contributed by atoms with Crippen molar-refractivity contribution in [3.05, 3.63) is 0 Å². The van der Waals surface area contributed by atoms with Crippen molar-refractivity contribution in [2.45, 2.75) is 5.25 Å². The van der Waals surface area contributed by atoms with Crippen molar-refractivity contribution < 1.29 is 31.3 Å². The minimum atomic E-state index is -5.33. The zero-order valence-corrected chi connectivity index (χ0v) is 6.06. The van der Waals surface area contributed by atoms with Gasteiger partial charge in [0, 0.05) is 0 Å². The Morgan fingerprint density at radius 3 is 2.00 bits per heavy atom. The van der Waals surface area contributed by atoms with Gasteiger partial charge in [-0.05, 0) is 0 Å². The number of alkyl halides is 2.